The third-order valence-corrected chi connectivity index (χ3v) is 3.02. The third kappa shape index (κ3) is 3.97. The molecule has 0 spiro atoms. The molecule has 0 unspecified atom stereocenters. The Balaban J connectivity index is 0.00000128. The van der Waals surface area contributed by atoms with E-state index in [1.807, 2.05) is 0 Å². The zero-order valence-electron chi connectivity index (χ0n) is 10.00. The first-order chi connectivity index (χ1) is 7.24. The second-order valence-corrected chi connectivity index (χ2v) is 4.47. The van der Waals surface area contributed by atoms with E-state index in [0.29, 0.717) is 0 Å². The molecule has 0 N–H and O–H groups in total. The van der Waals surface area contributed by atoms with Crippen LogP contribution in [0.3, 0.4) is 0 Å². The fourth-order valence-corrected chi connectivity index (χ4v) is 1.88. The van der Waals surface area contributed by atoms with Crippen LogP contribution in [0.4, 0.5) is 0 Å². The van der Waals surface area contributed by atoms with E-state index in [2.05, 4.69) is 48.0 Å². The van der Waals surface area contributed by atoms with E-state index in [-0.39, 0.29) is 19.5 Å². The molecular formula is C13H19N2Rh-. The zero-order chi connectivity index (χ0) is 10.7. The summed E-state index contributed by atoms with van der Waals surface area (Å²) in [6.45, 7) is 7.89. The fraction of sp³-hybridized carbons (Fsp3) is 0.538. The Bertz CT molecular complexity index is 302. The Hall–Kier alpha value is -0.237. The first kappa shape index (κ1) is 13.8. The van der Waals surface area contributed by atoms with Gasteiger partial charge in [0.05, 0.1) is 0 Å². The number of piperazine rings is 1. The van der Waals surface area contributed by atoms with Crippen LogP contribution in [0, 0.1) is 13.0 Å². The predicted octanol–water partition coefficient (Wildman–Crippen LogP) is 1.54. The average molecular weight is 306 g/mol. The van der Waals surface area contributed by atoms with Gasteiger partial charge in [0.1, 0.15) is 0 Å². The van der Waals surface area contributed by atoms with Crippen LogP contribution < -0.4 is 0 Å². The van der Waals surface area contributed by atoms with Crippen LogP contribution >= 0.6 is 0 Å². The number of rotatable bonds is 2. The summed E-state index contributed by atoms with van der Waals surface area (Å²) in [4.78, 5) is 4.89. The maximum atomic E-state index is 3.34. The molecular weight excluding hydrogens is 287 g/mol. The molecule has 0 aromatic heterocycles. The smallest absolute Gasteiger partial charge is 0.0112 e. The number of benzene rings is 1. The summed E-state index contributed by atoms with van der Waals surface area (Å²) in [7, 11) is 2.19. The Morgan fingerprint density at radius 2 is 1.88 bits per heavy atom. The maximum Gasteiger partial charge on any atom is 0.0112 e. The van der Waals surface area contributed by atoms with Crippen molar-refractivity contribution in [3.8, 4) is 0 Å². The van der Waals surface area contributed by atoms with Crippen LogP contribution in [-0.4, -0.2) is 43.0 Å². The van der Waals surface area contributed by atoms with E-state index < -0.39 is 0 Å². The van der Waals surface area contributed by atoms with Gasteiger partial charge in [-0.25, -0.2) is 0 Å². The Morgan fingerprint density at radius 1 is 1.19 bits per heavy atom. The summed E-state index contributed by atoms with van der Waals surface area (Å²) < 4.78 is 0. The summed E-state index contributed by atoms with van der Waals surface area (Å²) in [5.74, 6) is 0. The van der Waals surface area contributed by atoms with Crippen LogP contribution in [0.15, 0.2) is 18.2 Å². The van der Waals surface area contributed by atoms with Crippen molar-refractivity contribution in [2.45, 2.75) is 13.5 Å². The van der Waals surface area contributed by atoms with Crippen molar-refractivity contribution in [2.24, 2.45) is 0 Å². The van der Waals surface area contributed by atoms with Gasteiger partial charge in [-0.3, -0.25) is 4.90 Å². The SMILES string of the molecule is Cc1c[c-]c(CN2CCN(C)CC2)cc1.[Rh]. The van der Waals surface area contributed by atoms with Crippen molar-refractivity contribution in [3.05, 3.63) is 35.4 Å². The molecule has 2 rings (SSSR count). The quantitative estimate of drug-likeness (QED) is 0.604. The van der Waals surface area contributed by atoms with Crippen molar-refractivity contribution >= 4 is 0 Å². The molecule has 3 heteroatoms. The molecule has 1 aromatic carbocycles. The van der Waals surface area contributed by atoms with E-state index >= 15 is 0 Å². The Morgan fingerprint density at radius 3 is 2.44 bits per heavy atom. The van der Waals surface area contributed by atoms with E-state index in [1.165, 1.54) is 37.3 Å². The second-order valence-electron chi connectivity index (χ2n) is 4.47. The predicted molar refractivity (Wildman–Crippen MR) is 62.8 cm³/mol. The van der Waals surface area contributed by atoms with Gasteiger partial charge < -0.3 is 4.90 Å². The van der Waals surface area contributed by atoms with E-state index in [1.54, 1.807) is 0 Å². The van der Waals surface area contributed by atoms with Crippen LogP contribution in [0.25, 0.3) is 0 Å². The van der Waals surface area contributed by atoms with Crippen molar-refractivity contribution in [1.82, 2.24) is 9.80 Å². The van der Waals surface area contributed by atoms with E-state index in [0.717, 1.165) is 6.54 Å². The summed E-state index contributed by atoms with van der Waals surface area (Å²) >= 11 is 0. The molecule has 1 aliphatic rings. The summed E-state index contributed by atoms with van der Waals surface area (Å²) in [6, 6.07) is 9.77. The van der Waals surface area contributed by atoms with Crippen LogP contribution in [0.2, 0.25) is 0 Å². The third-order valence-electron chi connectivity index (χ3n) is 3.02. The second kappa shape index (κ2) is 6.49. The van der Waals surface area contributed by atoms with Gasteiger partial charge in [0.15, 0.2) is 0 Å². The van der Waals surface area contributed by atoms with Gasteiger partial charge in [-0.15, -0.1) is 5.56 Å². The minimum Gasteiger partial charge on any atom is -0.304 e. The number of hydrogen-bond donors (Lipinski definition) is 0. The molecule has 1 saturated heterocycles. The van der Waals surface area contributed by atoms with Gasteiger partial charge in [0.2, 0.25) is 0 Å². The summed E-state index contributed by atoms with van der Waals surface area (Å²) in [6.07, 6.45) is 0. The van der Waals surface area contributed by atoms with Crippen molar-refractivity contribution < 1.29 is 19.5 Å². The number of nitrogens with zero attached hydrogens (tertiary/aromatic N) is 2. The zero-order valence-corrected chi connectivity index (χ0v) is 11.6. The standard InChI is InChI=1S/C13H19N2.Rh/c1-12-3-5-13(6-4-12)11-15-9-7-14(2)8-10-15;/h3-5H,7-11H2,1-2H3;/q-1;. The van der Waals surface area contributed by atoms with Gasteiger partial charge in [-0.1, -0.05) is 6.92 Å². The largest absolute Gasteiger partial charge is 0.304 e. The first-order valence-electron chi connectivity index (χ1n) is 5.62. The molecule has 1 radical (unpaired) electrons. The minimum absolute atomic E-state index is 0. The van der Waals surface area contributed by atoms with Crippen molar-refractivity contribution in [1.29, 1.82) is 0 Å². The van der Waals surface area contributed by atoms with Crippen LogP contribution in [0.1, 0.15) is 11.1 Å². The molecule has 0 amide bonds. The number of hydrogen-bond acceptors (Lipinski definition) is 2. The summed E-state index contributed by atoms with van der Waals surface area (Å²) in [5.41, 5.74) is 2.60. The number of likely N-dealkylation sites (N-methyl/N-ethyl adjacent to an activating group) is 1. The summed E-state index contributed by atoms with van der Waals surface area (Å²) in [5, 5.41) is 0. The van der Waals surface area contributed by atoms with Crippen molar-refractivity contribution in [2.75, 3.05) is 33.2 Å². The van der Waals surface area contributed by atoms with Gasteiger partial charge in [0, 0.05) is 52.2 Å². The van der Waals surface area contributed by atoms with E-state index in [4.69, 9.17) is 0 Å². The van der Waals surface area contributed by atoms with Crippen LogP contribution in [0.5, 0.6) is 0 Å². The molecule has 1 fully saturated rings. The molecule has 91 valence electrons. The average Bonchev–Trinajstić information content (AvgIpc) is 2.25. The molecule has 16 heavy (non-hydrogen) atoms. The monoisotopic (exact) mass is 306 g/mol. The van der Waals surface area contributed by atoms with Crippen molar-refractivity contribution in [3.63, 3.8) is 0 Å². The minimum atomic E-state index is 0. The molecule has 0 aliphatic carbocycles. The first-order valence-corrected chi connectivity index (χ1v) is 5.62. The van der Waals surface area contributed by atoms with E-state index in [9.17, 15) is 0 Å². The molecule has 2 nitrogen and oxygen atoms in total. The van der Waals surface area contributed by atoms with Gasteiger partial charge in [-0.05, 0) is 7.05 Å². The Labute approximate surface area is 111 Å². The molecule has 1 aliphatic heterocycles. The topological polar surface area (TPSA) is 6.48 Å². The molecule has 1 heterocycles. The maximum absolute atomic E-state index is 3.34. The fourth-order valence-electron chi connectivity index (χ4n) is 1.88. The normalized spacial score (nSPS) is 18.1. The van der Waals surface area contributed by atoms with Crippen LogP contribution in [-0.2, 0) is 26.0 Å². The number of aryl methyl sites for hydroxylation is 1. The molecule has 0 bridgehead atoms. The Kier molecular flexibility index (Phi) is 5.61. The van der Waals surface area contributed by atoms with Gasteiger partial charge in [0.25, 0.3) is 0 Å². The molecule has 1 aromatic rings. The van der Waals surface area contributed by atoms with Gasteiger partial charge >= 0.3 is 0 Å². The molecule has 0 saturated carbocycles. The molecule has 0 atom stereocenters. The van der Waals surface area contributed by atoms with Gasteiger partial charge in [-0.2, -0.15) is 29.8 Å².